The summed E-state index contributed by atoms with van der Waals surface area (Å²) < 4.78 is 36.4. The van der Waals surface area contributed by atoms with Crippen LogP contribution >= 0.6 is 27.5 Å². The lowest BCUT2D eigenvalue weighted by molar-refractivity contribution is -0.210. The maximum absolute atomic E-state index is 14.1. The van der Waals surface area contributed by atoms with Gasteiger partial charge in [-0.2, -0.15) is 5.10 Å². The van der Waals surface area contributed by atoms with Crippen LogP contribution in [0.3, 0.4) is 0 Å². The van der Waals surface area contributed by atoms with Gasteiger partial charge in [0.15, 0.2) is 5.82 Å². The lowest BCUT2D eigenvalue weighted by atomic mass is 9.92. The molecule has 0 bridgehead atoms. The zero-order chi connectivity index (χ0) is 27.3. The number of aliphatic hydroxyl groups is 3. The summed E-state index contributed by atoms with van der Waals surface area (Å²) in [6.45, 7) is 2.96. The molecule has 1 aliphatic rings. The number of aliphatic hydroxyl groups excluding tert-OH is 3. The van der Waals surface area contributed by atoms with Crippen LogP contribution in [0.4, 0.5) is 8.78 Å². The van der Waals surface area contributed by atoms with Gasteiger partial charge >= 0.3 is 0 Å². The van der Waals surface area contributed by atoms with E-state index in [9.17, 15) is 24.1 Å². The van der Waals surface area contributed by atoms with Gasteiger partial charge in [-0.15, -0.1) is 5.10 Å². The molecule has 4 aromatic rings. The molecule has 0 radical (unpaired) electrons. The van der Waals surface area contributed by atoms with Gasteiger partial charge in [0.1, 0.15) is 53.6 Å². The van der Waals surface area contributed by atoms with E-state index in [0.29, 0.717) is 16.5 Å². The zero-order valence-corrected chi connectivity index (χ0v) is 22.3. The van der Waals surface area contributed by atoms with Crippen molar-refractivity contribution in [1.29, 1.82) is 0 Å². The molecule has 38 heavy (non-hydrogen) atoms. The van der Waals surface area contributed by atoms with Gasteiger partial charge in [0.2, 0.25) is 0 Å². The van der Waals surface area contributed by atoms with Crippen LogP contribution in [0.5, 0.6) is 0 Å². The van der Waals surface area contributed by atoms with Crippen molar-refractivity contribution in [2.45, 2.75) is 44.3 Å². The highest BCUT2D eigenvalue weighted by atomic mass is 79.9. The van der Waals surface area contributed by atoms with Gasteiger partial charge in [0.05, 0.1) is 23.0 Å². The van der Waals surface area contributed by atoms with Crippen LogP contribution in [-0.2, 0) is 4.74 Å². The third-order valence-corrected chi connectivity index (χ3v) is 7.37. The first-order valence-electron chi connectivity index (χ1n) is 11.5. The predicted molar refractivity (Wildman–Crippen MR) is 135 cm³/mol. The number of rotatable bonds is 5. The van der Waals surface area contributed by atoms with Crippen molar-refractivity contribution >= 4 is 27.5 Å². The van der Waals surface area contributed by atoms with E-state index in [-0.39, 0.29) is 21.6 Å². The Morgan fingerprint density at radius 3 is 2.50 bits per heavy atom. The van der Waals surface area contributed by atoms with Gasteiger partial charge in [0.25, 0.3) is 0 Å². The first-order chi connectivity index (χ1) is 18.1. The molecular formula is C24H22BrClF2N6O4. The molecule has 0 amide bonds. The number of benzene rings is 2. The molecule has 1 fully saturated rings. The average Bonchev–Trinajstić information content (AvgIpc) is 3.51. The molecule has 5 rings (SSSR count). The highest BCUT2D eigenvalue weighted by Gasteiger charge is 2.48. The molecule has 200 valence electrons. The molecule has 14 heteroatoms. The number of aryl methyl sites for hydroxylation is 2. The molecule has 1 aliphatic heterocycles. The van der Waals surface area contributed by atoms with Crippen LogP contribution in [0.2, 0.25) is 5.02 Å². The van der Waals surface area contributed by atoms with E-state index >= 15 is 0 Å². The minimum Gasteiger partial charge on any atom is -0.394 e. The van der Waals surface area contributed by atoms with Crippen molar-refractivity contribution in [2.75, 3.05) is 6.61 Å². The molecule has 1 saturated heterocycles. The standard InChI is InChI=1S/C24H22BrClF2N6O4/c1-10-3-4-13(26)7-17(10)34-24(29-11(2)31-34)23-22(37)20(21(36)18(9-35)38-23)33-8-16(30-32-33)12-5-14(27)19(25)15(28)6-12/h3-8,18,20-23,35-37H,9H2,1-2H3/t18-,20+,21+,22-,23-/m1/s1. The molecule has 5 atom stereocenters. The van der Waals surface area contributed by atoms with Crippen LogP contribution in [0.25, 0.3) is 16.9 Å². The minimum absolute atomic E-state index is 0.104. The number of ether oxygens (including phenoxy) is 1. The Morgan fingerprint density at radius 1 is 1.11 bits per heavy atom. The monoisotopic (exact) mass is 610 g/mol. The molecule has 3 heterocycles. The zero-order valence-electron chi connectivity index (χ0n) is 20.0. The number of aromatic nitrogens is 6. The van der Waals surface area contributed by atoms with Crippen molar-refractivity contribution in [2.24, 2.45) is 0 Å². The third-order valence-electron chi connectivity index (χ3n) is 6.38. The van der Waals surface area contributed by atoms with Crippen molar-refractivity contribution in [3.63, 3.8) is 0 Å². The smallest absolute Gasteiger partial charge is 0.164 e. The number of nitrogens with zero attached hydrogens (tertiary/aromatic N) is 6. The van der Waals surface area contributed by atoms with Crippen LogP contribution in [0.15, 0.2) is 41.0 Å². The quantitative estimate of drug-likeness (QED) is 0.293. The second-order valence-corrected chi connectivity index (χ2v) is 10.2. The lowest BCUT2D eigenvalue weighted by Gasteiger charge is -2.41. The van der Waals surface area contributed by atoms with Crippen molar-refractivity contribution in [3.8, 4) is 16.9 Å². The van der Waals surface area contributed by atoms with Gasteiger partial charge in [0, 0.05) is 10.6 Å². The predicted octanol–water partition coefficient (Wildman–Crippen LogP) is 3.23. The molecule has 10 nitrogen and oxygen atoms in total. The molecule has 2 aromatic heterocycles. The Kier molecular flexibility index (Phi) is 7.33. The van der Waals surface area contributed by atoms with E-state index in [1.807, 2.05) is 13.0 Å². The van der Waals surface area contributed by atoms with E-state index < -0.39 is 48.7 Å². The fourth-order valence-corrected chi connectivity index (χ4v) is 4.88. The van der Waals surface area contributed by atoms with Crippen molar-refractivity contribution < 1.29 is 28.8 Å². The molecule has 0 spiro atoms. The summed E-state index contributed by atoms with van der Waals surface area (Å²) in [6.07, 6.45) is -3.80. The Balaban J connectivity index is 1.55. The van der Waals surface area contributed by atoms with Crippen molar-refractivity contribution in [3.05, 3.63) is 74.9 Å². The summed E-state index contributed by atoms with van der Waals surface area (Å²) in [5.41, 5.74) is 1.64. The van der Waals surface area contributed by atoms with Gasteiger partial charge in [-0.05, 0) is 59.6 Å². The summed E-state index contributed by atoms with van der Waals surface area (Å²) in [5, 5.41) is 45.3. The Hall–Kier alpha value is -2.81. The third kappa shape index (κ3) is 4.74. The second kappa shape index (κ2) is 10.4. The van der Waals surface area contributed by atoms with E-state index in [1.54, 1.807) is 19.1 Å². The van der Waals surface area contributed by atoms with Gasteiger partial charge < -0.3 is 20.1 Å². The fraction of sp³-hybridized carbons (Fsp3) is 0.333. The van der Waals surface area contributed by atoms with E-state index in [1.165, 1.54) is 15.6 Å². The van der Waals surface area contributed by atoms with Crippen LogP contribution < -0.4 is 0 Å². The average molecular weight is 612 g/mol. The first kappa shape index (κ1) is 26.8. The van der Waals surface area contributed by atoms with Crippen LogP contribution in [-0.4, -0.2) is 70.0 Å². The van der Waals surface area contributed by atoms with Crippen LogP contribution in [0.1, 0.15) is 29.4 Å². The number of hydrogen-bond donors (Lipinski definition) is 3. The number of halogens is 4. The minimum atomic E-state index is -1.44. The van der Waals surface area contributed by atoms with Gasteiger partial charge in [-0.3, -0.25) is 0 Å². The highest BCUT2D eigenvalue weighted by Crippen LogP contribution is 2.39. The van der Waals surface area contributed by atoms with Crippen molar-refractivity contribution in [1.82, 2.24) is 29.8 Å². The van der Waals surface area contributed by atoms with Gasteiger partial charge in [-0.25, -0.2) is 23.1 Å². The Bertz CT molecular complexity index is 1480. The molecule has 0 unspecified atom stereocenters. The summed E-state index contributed by atoms with van der Waals surface area (Å²) >= 11 is 9.04. The second-order valence-electron chi connectivity index (χ2n) is 8.95. The van der Waals surface area contributed by atoms with Crippen LogP contribution in [0, 0.1) is 25.5 Å². The molecule has 3 N–H and O–H groups in total. The van der Waals surface area contributed by atoms with E-state index in [2.05, 4.69) is 36.3 Å². The molecule has 0 saturated carbocycles. The lowest BCUT2D eigenvalue weighted by Crippen LogP contribution is -2.53. The maximum Gasteiger partial charge on any atom is 0.164 e. The SMILES string of the molecule is Cc1nc([C@@H]2O[C@H](CO)[C@H](O)[C@H](n3cc(-c4cc(F)c(Br)c(F)c4)nn3)[C@H]2O)n(-c2cc(Cl)ccc2C)n1. The normalized spacial score (nSPS) is 23.7. The molecular weight excluding hydrogens is 590 g/mol. The maximum atomic E-state index is 14.1. The summed E-state index contributed by atoms with van der Waals surface area (Å²) in [6, 6.07) is 6.23. The van der Waals surface area contributed by atoms with Gasteiger partial charge in [-0.1, -0.05) is 22.9 Å². The summed E-state index contributed by atoms with van der Waals surface area (Å²) in [5.74, 6) is -1.05. The summed E-state index contributed by atoms with van der Waals surface area (Å²) in [4.78, 5) is 4.46. The largest absolute Gasteiger partial charge is 0.394 e. The topological polar surface area (TPSA) is 131 Å². The Morgan fingerprint density at radius 2 is 1.82 bits per heavy atom. The Labute approximate surface area is 228 Å². The molecule has 2 aromatic carbocycles. The van der Waals surface area contributed by atoms with E-state index in [4.69, 9.17) is 16.3 Å². The first-order valence-corrected chi connectivity index (χ1v) is 12.7. The molecule has 0 aliphatic carbocycles. The highest BCUT2D eigenvalue weighted by molar-refractivity contribution is 9.10. The summed E-state index contributed by atoms with van der Waals surface area (Å²) in [7, 11) is 0. The number of hydrogen-bond acceptors (Lipinski definition) is 8. The van der Waals surface area contributed by atoms with E-state index in [0.717, 1.165) is 17.7 Å². The fourth-order valence-electron chi connectivity index (χ4n) is 4.49.